The van der Waals surface area contributed by atoms with Gasteiger partial charge in [0.15, 0.2) is 11.5 Å². The standard InChI is InChI=1S/C18H16N2O4/c1-12-4-6-13(7-5-12)8-14(11-19)15-9-17(23-2)18(24-3)10-16(15)20(21)22/h4-10H,1-3H3/b14-8+. The molecular weight excluding hydrogens is 308 g/mol. The van der Waals surface area contributed by atoms with Crippen LogP contribution in [0.1, 0.15) is 16.7 Å². The first-order valence-corrected chi connectivity index (χ1v) is 7.09. The van der Waals surface area contributed by atoms with Crippen LogP contribution in [0.4, 0.5) is 5.69 Å². The predicted molar refractivity (Wildman–Crippen MR) is 90.9 cm³/mol. The molecule has 2 rings (SSSR count). The Morgan fingerprint density at radius 2 is 1.75 bits per heavy atom. The summed E-state index contributed by atoms with van der Waals surface area (Å²) in [6.45, 7) is 1.96. The van der Waals surface area contributed by atoms with Gasteiger partial charge in [-0.25, -0.2) is 0 Å². The second-order valence-corrected chi connectivity index (χ2v) is 5.06. The van der Waals surface area contributed by atoms with Crippen molar-refractivity contribution in [3.8, 4) is 17.6 Å². The Morgan fingerprint density at radius 3 is 2.25 bits per heavy atom. The molecule has 0 aliphatic rings. The Morgan fingerprint density at radius 1 is 1.17 bits per heavy atom. The fraction of sp³-hybridized carbons (Fsp3) is 0.167. The molecule has 0 amide bonds. The molecule has 0 aromatic heterocycles. The number of rotatable bonds is 5. The maximum absolute atomic E-state index is 11.4. The van der Waals surface area contributed by atoms with Crippen LogP contribution in [0.5, 0.6) is 11.5 Å². The maximum Gasteiger partial charge on any atom is 0.281 e. The van der Waals surface area contributed by atoms with Gasteiger partial charge in [0, 0.05) is 0 Å². The van der Waals surface area contributed by atoms with Crippen molar-refractivity contribution in [3.63, 3.8) is 0 Å². The van der Waals surface area contributed by atoms with E-state index in [2.05, 4.69) is 0 Å². The minimum atomic E-state index is -0.544. The molecular formula is C18H16N2O4. The van der Waals surface area contributed by atoms with E-state index in [1.807, 2.05) is 37.3 Å². The minimum absolute atomic E-state index is 0.173. The van der Waals surface area contributed by atoms with E-state index in [1.165, 1.54) is 26.4 Å². The molecule has 0 saturated carbocycles. The highest BCUT2D eigenvalue weighted by Gasteiger charge is 2.22. The molecule has 0 aliphatic heterocycles. The normalized spacial score (nSPS) is 10.8. The number of nitro benzene ring substituents is 1. The predicted octanol–water partition coefficient (Wildman–Crippen LogP) is 3.98. The lowest BCUT2D eigenvalue weighted by Gasteiger charge is -2.10. The highest BCUT2D eigenvalue weighted by Crippen LogP contribution is 2.38. The van der Waals surface area contributed by atoms with Crippen LogP contribution in [0.25, 0.3) is 11.6 Å². The van der Waals surface area contributed by atoms with Gasteiger partial charge < -0.3 is 9.47 Å². The first kappa shape index (κ1) is 17.0. The van der Waals surface area contributed by atoms with Crippen molar-refractivity contribution in [2.45, 2.75) is 6.92 Å². The van der Waals surface area contributed by atoms with Gasteiger partial charge in [-0.1, -0.05) is 29.8 Å². The van der Waals surface area contributed by atoms with E-state index in [0.717, 1.165) is 11.1 Å². The number of nitrogens with zero attached hydrogens (tertiary/aromatic N) is 2. The molecule has 2 aromatic rings. The summed E-state index contributed by atoms with van der Waals surface area (Å²) in [5.74, 6) is 0.559. The summed E-state index contributed by atoms with van der Waals surface area (Å²) < 4.78 is 10.3. The number of nitriles is 1. The molecule has 0 bridgehead atoms. The summed E-state index contributed by atoms with van der Waals surface area (Å²) in [4.78, 5) is 10.8. The van der Waals surface area contributed by atoms with Crippen molar-refractivity contribution in [2.24, 2.45) is 0 Å². The summed E-state index contributed by atoms with van der Waals surface area (Å²) in [5.41, 5.74) is 2.00. The molecule has 122 valence electrons. The smallest absolute Gasteiger partial charge is 0.281 e. The lowest BCUT2D eigenvalue weighted by Crippen LogP contribution is -1.98. The zero-order valence-electron chi connectivity index (χ0n) is 13.6. The summed E-state index contributed by atoms with van der Waals surface area (Å²) in [7, 11) is 2.83. The van der Waals surface area contributed by atoms with E-state index >= 15 is 0 Å². The Labute approximate surface area is 139 Å². The van der Waals surface area contributed by atoms with Crippen LogP contribution < -0.4 is 9.47 Å². The second-order valence-electron chi connectivity index (χ2n) is 5.06. The largest absolute Gasteiger partial charge is 0.493 e. The van der Waals surface area contributed by atoms with Crippen molar-refractivity contribution >= 4 is 17.3 Å². The summed E-state index contributed by atoms with van der Waals surface area (Å²) >= 11 is 0. The first-order valence-electron chi connectivity index (χ1n) is 7.09. The van der Waals surface area contributed by atoms with E-state index in [-0.39, 0.29) is 22.6 Å². The van der Waals surface area contributed by atoms with Crippen molar-refractivity contribution in [3.05, 3.63) is 63.2 Å². The molecule has 0 heterocycles. The number of ether oxygens (including phenoxy) is 2. The lowest BCUT2D eigenvalue weighted by molar-refractivity contribution is -0.385. The number of hydrogen-bond donors (Lipinski definition) is 0. The number of allylic oxidation sites excluding steroid dienone is 1. The van der Waals surface area contributed by atoms with Crippen LogP contribution in [-0.2, 0) is 0 Å². The van der Waals surface area contributed by atoms with Crippen LogP contribution in [-0.4, -0.2) is 19.1 Å². The number of benzene rings is 2. The molecule has 0 atom stereocenters. The third-order valence-corrected chi connectivity index (χ3v) is 3.50. The lowest BCUT2D eigenvalue weighted by atomic mass is 10.0. The van der Waals surface area contributed by atoms with Crippen LogP contribution in [0.3, 0.4) is 0 Å². The van der Waals surface area contributed by atoms with E-state index < -0.39 is 4.92 Å². The monoisotopic (exact) mass is 324 g/mol. The van der Waals surface area contributed by atoms with Crippen molar-refractivity contribution in [1.29, 1.82) is 5.26 Å². The van der Waals surface area contributed by atoms with E-state index in [9.17, 15) is 15.4 Å². The molecule has 0 spiro atoms. The topological polar surface area (TPSA) is 85.4 Å². The summed E-state index contributed by atoms with van der Waals surface area (Å²) in [6, 6.07) is 12.2. The van der Waals surface area contributed by atoms with Gasteiger partial charge in [-0.05, 0) is 24.6 Å². The minimum Gasteiger partial charge on any atom is -0.493 e. The van der Waals surface area contributed by atoms with E-state index in [4.69, 9.17) is 9.47 Å². The highest BCUT2D eigenvalue weighted by molar-refractivity contribution is 5.93. The Kier molecular flexibility index (Phi) is 5.17. The quantitative estimate of drug-likeness (QED) is 0.359. The van der Waals surface area contributed by atoms with Gasteiger partial charge in [-0.3, -0.25) is 10.1 Å². The van der Waals surface area contributed by atoms with Crippen molar-refractivity contribution in [2.75, 3.05) is 14.2 Å². The van der Waals surface area contributed by atoms with Gasteiger partial charge in [-0.15, -0.1) is 0 Å². The molecule has 0 aliphatic carbocycles. The molecule has 6 heteroatoms. The number of hydrogen-bond acceptors (Lipinski definition) is 5. The fourth-order valence-electron chi connectivity index (χ4n) is 2.23. The molecule has 0 unspecified atom stereocenters. The molecule has 24 heavy (non-hydrogen) atoms. The molecule has 6 nitrogen and oxygen atoms in total. The SMILES string of the molecule is COc1cc(/C(C#N)=C/c2ccc(C)cc2)c([N+](=O)[O-])cc1OC. The highest BCUT2D eigenvalue weighted by atomic mass is 16.6. The van der Waals surface area contributed by atoms with Crippen LogP contribution in [0.2, 0.25) is 0 Å². The van der Waals surface area contributed by atoms with E-state index in [1.54, 1.807) is 6.08 Å². The van der Waals surface area contributed by atoms with Gasteiger partial charge in [0.05, 0.1) is 36.3 Å². The van der Waals surface area contributed by atoms with Crippen LogP contribution in [0.15, 0.2) is 36.4 Å². The zero-order valence-corrected chi connectivity index (χ0v) is 13.6. The van der Waals surface area contributed by atoms with Crippen molar-refractivity contribution < 1.29 is 14.4 Å². The van der Waals surface area contributed by atoms with E-state index in [0.29, 0.717) is 5.75 Å². The van der Waals surface area contributed by atoms with Gasteiger partial charge in [0.1, 0.15) is 6.07 Å². The van der Waals surface area contributed by atoms with Gasteiger partial charge >= 0.3 is 0 Å². The third kappa shape index (κ3) is 3.52. The number of methoxy groups -OCH3 is 2. The Bertz CT molecular complexity index is 833. The first-order chi connectivity index (χ1) is 11.5. The fourth-order valence-corrected chi connectivity index (χ4v) is 2.23. The van der Waals surface area contributed by atoms with Crippen molar-refractivity contribution in [1.82, 2.24) is 0 Å². The summed E-state index contributed by atoms with van der Waals surface area (Å²) in [5, 5.41) is 20.9. The average Bonchev–Trinajstić information content (AvgIpc) is 2.60. The van der Waals surface area contributed by atoms with Gasteiger partial charge in [0.2, 0.25) is 0 Å². The molecule has 2 aromatic carbocycles. The van der Waals surface area contributed by atoms with Crippen LogP contribution in [0, 0.1) is 28.4 Å². The van der Waals surface area contributed by atoms with Gasteiger partial charge in [-0.2, -0.15) is 5.26 Å². The molecule has 0 fully saturated rings. The van der Waals surface area contributed by atoms with Crippen LogP contribution >= 0.6 is 0 Å². The van der Waals surface area contributed by atoms with Gasteiger partial charge in [0.25, 0.3) is 5.69 Å². The number of aryl methyl sites for hydroxylation is 1. The summed E-state index contributed by atoms with van der Waals surface area (Å²) in [6.07, 6.45) is 1.60. The Balaban J connectivity index is 2.64. The molecule has 0 radical (unpaired) electrons. The second kappa shape index (κ2) is 7.29. The third-order valence-electron chi connectivity index (χ3n) is 3.50. The average molecular weight is 324 g/mol. The maximum atomic E-state index is 11.4. The Hall–Kier alpha value is -3.33. The molecule has 0 saturated heterocycles. The molecule has 0 N–H and O–H groups in total. The zero-order chi connectivity index (χ0) is 17.7. The number of nitro groups is 1.